The molecule has 0 aromatic carbocycles. The molecule has 0 bridgehead atoms. The summed E-state index contributed by atoms with van der Waals surface area (Å²) in [6.45, 7) is 4.30. The van der Waals surface area contributed by atoms with Crippen LogP contribution in [0.3, 0.4) is 0 Å². The van der Waals surface area contributed by atoms with Gasteiger partial charge in [-0.1, -0.05) is 192 Å². The number of carbonyl (C=O) groups is 1. The first kappa shape index (κ1) is 64.8. The Kier molecular flexibility index (Phi) is 53.6. The average molecular weight is 929 g/mol. The summed E-state index contributed by atoms with van der Waals surface area (Å²) < 4.78 is 61.0. The van der Waals surface area contributed by atoms with Gasteiger partial charge in [0.1, 0.15) is 0 Å². The molecule has 0 spiro atoms. The zero-order chi connectivity index (χ0) is 44.7. The van der Waals surface area contributed by atoms with Crippen molar-refractivity contribution in [3.63, 3.8) is 0 Å². The second-order valence-corrected chi connectivity index (χ2v) is 19.8. The van der Waals surface area contributed by atoms with Crippen molar-refractivity contribution in [2.75, 3.05) is 24.6 Å². The van der Waals surface area contributed by atoms with E-state index in [1.807, 2.05) is 0 Å². The first-order chi connectivity index (χ1) is 28.9. The summed E-state index contributed by atoms with van der Waals surface area (Å²) in [7, 11) is -8.27. The molecule has 61 heavy (non-hydrogen) atoms. The van der Waals surface area contributed by atoms with Crippen molar-refractivity contribution in [1.29, 1.82) is 0 Å². The van der Waals surface area contributed by atoms with Gasteiger partial charge in [-0.05, 0) is 76.5 Å². The molecule has 0 aliphatic carbocycles. The number of nitrogens with one attached hydrogen (secondary N) is 1. The van der Waals surface area contributed by atoms with Crippen molar-refractivity contribution >= 4 is 69.8 Å². The number of hydrogen-bond donors (Lipinski definition) is 2. The van der Waals surface area contributed by atoms with Gasteiger partial charge < -0.3 is 20.0 Å². The Bertz CT molecular complexity index is 1240. The van der Waals surface area contributed by atoms with Crippen LogP contribution < -0.4 is 10.4 Å². The van der Waals surface area contributed by atoms with Gasteiger partial charge in [0.2, 0.25) is 5.91 Å². The number of unbranched alkanes of at least 4 members (excludes halogenated alkanes) is 30. The summed E-state index contributed by atoms with van der Waals surface area (Å²) in [6.07, 6.45) is 53.0. The molecule has 0 radical (unpaired) electrons. The molecule has 0 fully saturated rings. The SMILES string of the molecule is CCCCCCCCCC/C=C/CCCCCCCCCC(=O)NCCS(=O)(=O)O.CCCCCCCCCC/C=C/CCCCCCCCCC([O-])=NCCS(=O)(=O)[O-].[Ca+2]. The van der Waals surface area contributed by atoms with E-state index < -0.39 is 31.7 Å². The van der Waals surface area contributed by atoms with E-state index in [1.54, 1.807) is 0 Å². The second kappa shape index (κ2) is 50.5. The van der Waals surface area contributed by atoms with Crippen LogP contribution >= 0.6 is 0 Å². The minimum Gasteiger partial charge on any atom is -0.862 e. The summed E-state index contributed by atoms with van der Waals surface area (Å²) in [4.78, 5) is 15.1. The summed E-state index contributed by atoms with van der Waals surface area (Å²) in [6, 6.07) is 0. The first-order valence-electron chi connectivity index (χ1n) is 24.6. The van der Waals surface area contributed by atoms with Gasteiger partial charge in [0.25, 0.3) is 10.1 Å². The fourth-order valence-corrected chi connectivity index (χ4v) is 7.56. The van der Waals surface area contributed by atoms with Gasteiger partial charge in [-0.3, -0.25) is 9.35 Å². The molecule has 0 unspecified atom stereocenters. The maximum Gasteiger partial charge on any atom is 2.00 e. The van der Waals surface area contributed by atoms with Crippen LogP contribution in [-0.4, -0.2) is 100 Å². The van der Waals surface area contributed by atoms with Crippen LogP contribution in [0.25, 0.3) is 0 Å². The smallest absolute Gasteiger partial charge is 0.862 e. The molecular weight excluding hydrogens is 837 g/mol. The fourth-order valence-electron chi connectivity index (χ4n) is 6.89. The van der Waals surface area contributed by atoms with Crippen LogP contribution in [0.2, 0.25) is 0 Å². The molecule has 13 heteroatoms. The Labute approximate surface area is 406 Å². The van der Waals surface area contributed by atoms with Gasteiger partial charge in [0.05, 0.1) is 28.2 Å². The minimum atomic E-state index is -4.27. The third-order valence-electron chi connectivity index (χ3n) is 10.6. The Balaban J connectivity index is -0.00000109. The molecule has 0 atom stereocenters. The van der Waals surface area contributed by atoms with Crippen molar-refractivity contribution in [1.82, 2.24) is 5.32 Å². The largest absolute Gasteiger partial charge is 2.00 e. The molecule has 2 N–H and O–H groups in total. The van der Waals surface area contributed by atoms with Crippen LogP contribution in [0.15, 0.2) is 29.3 Å². The topological polar surface area (TPSA) is 176 Å². The molecule has 10 nitrogen and oxygen atoms in total. The number of amides is 1. The Hall–Kier alpha value is -0.500. The van der Waals surface area contributed by atoms with Gasteiger partial charge >= 0.3 is 37.7 Å². The molecule has 0 aliphatic rings. The summed E-state index contributed by atoms with van der Waals surface area (Å²) >= 11 is 0. The van der Waals surface area contributed by atoms with E-state index in [1.165, 1.54) is 180 Å². The summed E-state index contributed by atoms with van der Waals surface area (Å²) in [5.74, 6) is -1.45. The number of carbonyl (C=O) groups excluding carboxylic acids is 1. The molecule has 0 saturated carbocycles. The van der Waals surface area contributed by atoms with Gasteiger partial charge in [-0.25, -0.2) is 8.42 Å². The Morgan fingerprint density at radius 2 is 0.820 bits per heavy atom. The van der Waals surface area contributed by atoms with Crippen LogP contribution in [0.1, 0.15) is 245 Å². The number of nitrogens with zero attached hydrogens (tertiary/aromatic N) is 1. The molecule has 0 aliphatic heterocycles. The maximum atomic E-state index is 11.5. The van der Waals surface area contributed by atoms with Gasteiger partial charge in [-0.15, -0.1) is 0 Å². The molecule has 0 saturated heterocycles. The van der Waals surface area contributed by atoms with Crippen molar-refractivity contribution in [3.8, 4) is 0 Å². The third-order valence-corrected chi connectivity index (χ3v) is 12.0. The van der Waals surface area contributed by atoms with E-state index in [4.69, 9.17) is 4.55 Å². The standard InChI is InChI=1S/2C24H47NO4S.Ca/c2*1-2-3-4-5-6-7-8-9-10-11-12-13-14-15-16-17-18-19-20-21-24(26)25-22-23-30(27,28)29;/h2*11-12H,2-10,13-23H2,1H3,(H,25,26)(H,27,28,29);/q;;+2/p-2/b2*12-11+;. The van der Waals surface area contributed by atoms with Gasteiger partial charge in [0, 0.05) is 13.0 Å². The van der Waals surface area contributed by atoms with E-state index >= 15 is 0 Å². The third kappa shape index (κ3) is 63.9. The summed E-state index contributed by atoms with van der Waals surface area (Å²) in [5.41, 5.74) is 0. The quantitative estimate of drug-likeness (QED) is 0.0151. The van der Waals surface area contributed by atoms with E-state index in [2.05, 4.69) is 48.5 Å². The number of allylic oxidation sites excluding steroid dienone is 4. The monoisotopic (exact) mass is 929 g/mol. The van der Waals surface area contributed by atoms with Gasteiger partial charge in [0.15, 0.2) is 0 Å². The molecule has 0 aromatic heterocycles. The van der Waals surface area contributed by atoms with Crippen molar-refractivity contribution < 1.29 is 35.8 Å². The summed E-state index contributed by atoms with van der Waals surface area (Å²) in [5, 5.41) is 14.0. The molecular formula is C48H92CaN2O8S2. The predicted molar refractivity (Wildman–Crippen MR) is 258 cm³/mol. The van der Waals surface area contributed by atoms with Crippen LogP contribution in [0.5, 0.6) is 0 Å². The minimum absolute atomic E-state index is 0. The molecule has 356 valence electrons. The van der Waals surface area contributed by atoms with E-state index in [9.17, 15) is 31.3 Å². The Morgan fingerprint density at radius 1 is 0.508 bits per heavy atom. The van der Waals surface area contributed by atoms with Crippen molar-refractivity contribution in [2.24, 2.45) is 4.99 Å². The second-order valence-electron chi connectivity index (χ2n) is 16.7. The fraction of sp³-hybridized carbons (Fsp3) is 0.875. The van der Waals surface area contributed by atoms with Crippen molar-refractivity contribution in [3.05, 3.63) is 24.3 Å². The number of hydrogen-bond acceptors (Lipinski definition) is 8. The van der Waals surface area contributed by atoms with Crippen LogP contribution in [0.4, 0.5) is 0 Å². The first-order valence-corrected chi connectivity index (χ1v) is 27.8. The van der Waals surface area contributed by atoms with E-state index in [-0.39, 0.29) is 62.6 Å². The van der Waals surface area contributed by atoms with E-state index in [0.717, 1.165) is 38.5 Å². The molecule has 0 heterocycles. The van der Waals surface area contributed by atoms with Crippen LogP contribution in [-0.2, 0) is 25.0 Å². The van der Waals surface area contributed by atoms with Crippen LogP contribution in [0, 0.1) is 0 Å². The van der Waals surface area contributed by atoms with Crippen molar-refractivity contribution in [2.45, 2.75) is 245 Å². The zero-order valence-corrected chi connectivity index (χ0v) is 43.2. The average Bonchev–Trinajstić information content (AvgIpc) is 3.19. The van der Waals surface area contributed by atoms with Gasteiger partial charge in [-0.2, -0.15) is 8.42 Å². The number of rotatable bonds is 44. The number of aliphatic imine (C=N–C) groups is 1. The Morgan fingerprint density at radius 3 is 1.15 bits per heavy atom. The normalized spacial score (nSPS) is 12.2. The molecule has 1 amide bonds. The maximum absolute atomic E-state index is 11.5. The van der Waals surface area contributed by atoms with E-state index in [0.29, 0.717) is 12.8 Å². The predicted octanol–water partition coefficient (Wildman–Crippen LogP) is 12.1. The zero-order valence-electron chi connectivity index (χ0n) is 39.4. The molecule has 0 rings (SSSR count). The molecule has 0 aromatic rings.